The van der Waals surface area contributed by atoms with Crippen LogP contribution < -0.4 is 0 Å². The first kappa shape index (κ1) is 17.1. The average molecular weight is 297 g/mol. The van der Waals surface area contributed by atoms with Crippen molar-refractivity contribution in [1.82, 2.24) is 0 Å². The molecule has 0 saturated heterocycles. The summed E-state index contributed by atoms with van der Waals surface area (Å²) in [5.41, 5.74) is 2.22. The minimum atomic E-state index is 0.722. The molecule has 22 heavy (non-hydrogen) atoms. The van der Waals surface area contributed by atoms with Crippen molar-refractivity contribution < 1.29 is 0 Å². The summed E-state index contributed by atoms with van der Waals surface area (Å²) in [6.45, 7) is 4.66. The molecule has 0 aromatic heterocycles. The van der Waals surface area contributed by atoms with Gasteiger partial charge in [0.05, 0.1) is 11.6 Å². The molecule has 1 fully saturated rings. The van der Waals surface area contributed by atoms with Gasteiger partial charge in [-0.1, -0.05) is 51.7 Å². The number of nitriles is 1. The first-order valence-electron chi connectivity index (χ1n) is 9.26. The molecule has 1 atom stereocenters. The largest absolute Gasteiger partial charge is 0.192 e. The van der Waals surface area contributed by atoms with Crippen LogP contribution >= 0.6 is 0 Å². The quantitative estimate of drug-likeness (QED) is 0.568. The van der Waals surface area contributed by atoms with Crippen LogP contribution in [0.5, 0.6) is 0 Å². The number of benzene rings is 1. The third kappa shape index (κ3) is 4.87. The van der Waals surface area contributed by atoms with Crippen molar-refractivity contribution in [2.24, 2.45) is 11.8 Å². The lowest BCUT2D eigenvalue weighted by Gasteiger charge is -2.31. The Morgan fingerprint density at radius 2 is 1.77 bits per heavy atom. The third-order valence-corrected chi connectivity index (χ3v) is 5.57. The maximum absolute atomic E-state index is 8.89. The molecule has 1 heteroatoms. The first-order chi connectivity index (χ1) is 10.8. The van der Waals surface area contributed by atoms with Crippen LogP contribution in [0.1, 0.15) is 88.7 Å². The molecule has 1 aromatic carbocycles. The number of rotatable bonds is 7. The van der Waals surface area contributed by atoms with Gasteiger partial charge >= 0.3 is 0 Å². The number of hydrogen-bond acceptors (Lipinski definition) is 1. The van der Waals surface area contributed by atoms with Gasteiger partial charge in [-0.25, -0.2) is 0 Å². The van der Waals surface area contributed by atoms with E-state index in [2.05, 4.69) is 32.0 Å². The zero-order chi connectivity index (χ0) is 15.8. The monoisotopic (exact) mass is 297 g/mol. The van der Waals surface area contributed by atoms with Crippen molar-refractivity contribution >= 4 is 0 Å². The minimum Gasteiger partial charge on any atom is -0.192 e. The molecular weight excluding hydrogens is 266 g/mol. The molecule has 1 aliphatic rings. The molecule has 0 aliphatic heterocycles. The lowest BCUT2D eigenvalue weighted by Crippen LogP contribution is -2.16. The van der Waals surface area contributed by atoms with Crippen LogP contribution in [0.15, 0.2) is 24.3 Å². The summed E-state index contributed by atoms with van der Waals surface area (Å²) < 4.78 is 0. The molecule has 0 N–H and O–H groups in total. The Balaban J connectivity index is 1.80. The van der Waals surface area contributed by atoms with E-state index in [0.717, 1.165) is 23.3 Å². The van der Waals surface area contributed by atoms with E-state index in [1.807, 2.05) is 12.1 Å². The Labute approximate surface area is 136 Å². The van der Waals surface area contributed by atoms with E-state index in [4.69, 9.17) is 5.26 Å². The summed E-state index contributed by atoms with van der Waals surface area (Å²) in [4.78, 5) is 0. The summed E-state index contributed by atoms with van der Waals surface area (Å²) in [7, 11) is 0. The Morgan fingerprint density at radius 1 is 1.09 bits per heavy atom. The predicted octanol–water partition coefficient (Wildman–Crippen LogP) is 6.44. The van der Waals surface area contributed by atoms with E-state index in [1.54, 1.807) is 0 Å². The SMILES string of the molecule is CCCCC(CC)CC1CCC(c2ccc(C#N)cc2)CC1. The minimum absolute atomic E-state index is 0.722. The molecule has 1 aromatic rings. The Hall–Kier alpha value is -1.29. The van der Waals surface area contributed by atoms with Crippen LogP contribution in [0.25, 0.3) is 0 Å². The molecule has 1 unspecified atom stereocenters. The van der Waals surface area contributed by atoms with Gasteiger partial charge in [-0.3, -0.25) is 0 Å². The van der Waals surface area contributed by atoms with Crippen LogP contribution in [0.4, 0.5) is 0 Å². The van der Waals surface area contributed by atoms with Gasteiger partial charge < -0.3 is 0 Å². The van der Waals surface area contributed by atoms with Crippen molar-refractivity contribution in [3.05, 3.63) is 35.4 Å². The van der Waals surface area contributed by atoms with Crippen LogP contribution in [-0.4, -0.2) is 0 Å². The second-order valence-corrected chi connectivity index (χ2v) is 7.10. The second-order valence-electron chi connectivity index (χ2n) is 7.10. The van der Waals surface area contributed by atoms with Gasteiger partial charge in [0.1, 0.15) is 0 Å². The lowest BCUT2D eigenvalue weighted by molar-refractivity contribution is 0.256. The second kappa shape index (κ2) is 8.99. The van der Waals surface area contributed by atoms with Gasteiger partial charge in [-0.15, -0.1) is 0 Å². The summed E-state index contributed by atoms with van der Waals surface area (Å²) in [5, 5.41) is 8.89. The van der Waals surface area contributed by atoms with Gasteiger partial charge in [-0.2, -0.15) is 5.26 Å². The molecule has 120 valence electrons. The summed E-state index contributed by atoms with van der Waals surface area (Å²) in [5.74, 6) is 2.63. The molecule has 0 bridgehead atoms. The third-order valence-electron chi connectivity index (χ3n) is 5.57. The van der Waals surface area contributed by atoms with E-state index in [-0.39, 0.29) is 0 Å². The number of hydrogen-bond donors (Lipinski definition) is 0. The topological polar surface area (TPSA) is 23.8 Å². The molecule has 0 radical (unpaired) electrons. The van der Waals surface area contributed by atoms with E-state index in [9.17, 15) is 0 Å². The van der Waals surface area contributed by atoms with Crippen LogP contribution in [0, 0.1) is 23.2 Å². The first-order valence-corrected chi connectivity index (χ1v) is 9.26. The maximum Gasteiger partial charge on any atom is 0.0991 e. The zero-order valence-electron chi connectivity index (χ0n) is 14.4. The molecule has 1 aliphatic carbocycles. The Bertz CT molecular complexity index is 460. The van der Waals surface area contributed by atoms with E-state index in [1.165, 1.54) is 63.4 Å². The van der Waals surface area contributed by atoms with Gasteiger partial charge in [0.25, 0.3) is 0 Å². The standard InChI is InChI=1S/C21H31N/c1-3-5-6-17(4-2)15-18-7-11-20(12-8-18)21-13-9-19(16-22)10-14-21/h9-10,13-14,17-18,20H,3-8,11-12,15H2,1-2H3. The molecular formula is C21H31N. The van der Waals surface area contributed by atoms with E-state index in [0.29, 0.717) is 0 Å². The fraction of sp³-hybridized carbons (Fsp3) is 0.667. The average Bonchev–Trinajstić information content (AvgIpc) is 2.59. The molecule has 1 saturated carbocycles. The normalized spacial score (nSPS) is 23.0. The van der Waals surface area contributed by atoms with Crippen LogP contribution in [0.2, 0.25) is 0 Å². The van der Waals surface area contributed by atoms with Gasteiger partial charge in [0.15, 0.2) is 0 Å². The fourth-order valence-corrected chi connectivity index (χ4v) is 4.01. The summed E-state index contributed by atoms with van der Waals surface area (Å²) in [6, 6.07) is 10.5. The fourth-order valence-electron chi connectivity index (χ4n) is 4.01. The highest BCUT2D eigenvalue weighted by atomic mass is 14.3. The smallest absolute Gasteiger partial charge is 0.0991 e. The highest BCUT2D eigenvalue weighted by Gasteiger charge is 2.24. The molecule has 0 spiro atoms. The van der Waals surface area contributed by atoms with Crippen molar-refractivity contribution in [2.75, 3.05) is 0 Å². The van der Waals surface area contributed by atoms with Crippen molar-refractivity contribution in [3.8, 4) is 6.07 Å². The van der Waals surface area contributed by atoms with Crippen LogP contribution in [0.3, 0.4) is 0 Å². The highest BCUT2D eigenvalue weighted by molar-refractivity contribution is 5.33. The number of nitrogens with zero attached hydrogens (tertiary/aromatic N) is 1. The van der Waals surface area contributed by atoms with E-state index < -0.39 is 0 Å². The molecule has 1 nitrogen and oxygen atoms in total. The molecule has 0 heterocycles. The Morgan fingerprint density at radius 3 is 2.32 bits per heavy atom. The summed E-state index contributed by atoms with van der Waals surface area (Å²) in [6.07, 6.45) is 12.4. The van der Waals surface area contributed by atoms with Gasteiger partial charge in [-0.05, 0) is 67.6 Å². The van der Waals surface area contributed by atoms with E-state index >= 15 is 0 Å². The predicted molar refractivity (Wildman–Crippen MR) is 93.8 cm³/mol. The lowest BCUT2D eigenvalue weighted by atomic mass is 9.75. The van der Waals surface area contributed by atoms with Crippen molar-refractivity contribution in [1.29, 1.82) is 5.26 Å². The maximum atomic E-state index is 8.89. The van der Waals surface area contributed by atoms with Crippen molar-refractivity contribution in [3.63, 3.8) is 0 Å². The number of unbranched alkanes of at least 4 members (excludes halogenated alkanes) is 1. The van der Waals surface area contributed by atoms with Crippen molar-refractivity contribution in [2.45, 2.75) is 77.6 Å². The van der Waals surface area contributed by atoms with Gasteiger partial charge in [0.2, 0.25) is 0 Å². The van der Waals surface area contributed by atoms with Gasteiger partial charge in [0, 0.05) is 0 Å². The highest BCUT2D eigenvalue weighted by Crippen LogP contribution is 2.39. The molecule has 0 amide bonds. The van der Waals surface area contributed by atoms with Crippen LogP contribution in [-0.2, 0) is 0 Å². The zero-order valence-corrected chi connectivity index (χ0v) is 14.4. The summed E-state index contributed by atoms with van der Waals surface area (Å²) >= 11 is 0. The Kier molecular flexibility index (Phi) is 6.97. The molecule has 2 rings (SSSR count).